The lowest BCUT2D eigenvalue weighted by molar-refractivity contribution is -0.117. The summed E-state index contributed by atoms with van der Waals surface area (Å²) in [6.07, 6.45) is -0.321. The van der Waals surface area contributed by atoms with Crippen LogP contribution in [-0.4, -0.2) is 26.1 Å². The number of nitrogen functional groups attached to an aromatic ring is 1. The van der Waals surface area contributed by atoms with Gasteiger partial charge in [0.1, 0.15) is 5.25 Å². The van der Waals surface area contributed by atoms with Crippen molar-refractivity contribution in [2.24, 2.45) is 0 Å². The van der Waals surface area contributed by atoms with Crippen LogP contribution in [0.25, 0.3) is 11.1 Å². The van der Waals surface area contributed by atoms with Gasteiger partial charge in [0.05, 0.1) is 0 Å². The molecule has 1 amide bonds. The van der Waals surface area contributed by atoms with Crippen molar-refractivity contribution in [3.05, 3.63) is 48.5 Å². The van der Waals surface area contributed by atoms with Crippen molar-refractivity contribution in [2.45, 2.75) is 11.7 Å². The quantitative estimate of drug-likeness (QED) is 0.690. The summed E-state index contributed by atoms with van der Waals surface area (Å²) >= 11 is 0. The molecule has 1 atom stereocenters. The van der Waals surface area contributed by atoms with E-state index in [-0.39, 0.29) is 13.0 Å². The molecule has 1 heterocycles. The van der Waals surface area contributed by atoms with Gasteiger partial charge in [-0.1, -0.05) is 24.3 Å². The van der Waals surface area contributed by atoms with Crippen molar-refractivity contribution in [2.75, 3.05) is 17.2 Å². The Morgan fingerprint density at radius 2 is 1.52 bits per heavy atom. The number of nitrogens with two attached hydrogens (primary N) is 1. The van der Waals surface area contributed by atoms with Crippen LogP contribution in [0.15, 0.2) is 48.5 Å². The lowest BCUT2D eigenvalue weighted by Crippen LogP contribution is -2.26. The van der Waals surface area contributed by atoms with Crippen LogP contribution in [0.1, 0.15) is 6.42 Å². The van der Waals surface area contributed by atoms with Crippen molar-refractivity contribution in [3.8, 4) is 11.1 Å². The Balaban J connectivity index is 1.83. The number of halogens is 1. The number of carbonyl (C=O) groups excluding carboxylic acids is 1. The highest BCUT2D eigenvalue weighted by Gasteiger charge is 2.38. The van der Waals surface area contributed by atoms with Gasteiger partial charge in [0.2, 0.25) is 5.91 Å². The summed E-state index contributed by atoms with van der Waals surface area (Å²) in [5.41, 5.74) is 8.79. The standard InChI is InChI=1S/C16H15FN2O3S/c17-23(21,22)15-9-16(20)19(10-15)14-7-3-12(4-8-14)11-1-5-13(18)6-2-11/h1-8,15H,9-10,18H2. The van der Waals surface area contributed by atoms with Gasteiger partial charge in [-0.15, -0.1) is 3.89 Å². The van der Waals surface area contributed by atoms with Gasteiger partial charge in [0.25, 0.3) is 0 Å². The number of hydrogen-bond acceptors (Lipinski definition) is 4. The molecule has 5 nitrogen and oxygen atoms in total. The van der Waals surface area contributed by atoms with E-state index in [0.717, 1.165) is 11.1 Å². The first-order valence-corrected chi connectivity index (χ1v) is 8.49. The van der Waals surface area contributed by atoms with Crippen LogP contribution in [0, 0.1) is 0 Å². The van der Waals surface area contributed by atoms with Gasteiger partial charge in [0.15, 0.2) is 0 Å². The van der Waals surface area contributed by atoms with Crippen molar-refractivity contribution in [1.29, 1.82) is 0 Å². The molecule has 23 heavy (non-hydrogen) atoms. The summed E-state index contributed by atoms with van der Waals surface area (Å²) in [6, 6.07) is 14.5. The molecule has 0 aromatic heterocycles. The largest absolute Gasteiger partial charge is 0.399 e. The molecule has 1 saturated heterocycles. The minimum atomic E-state index is -4.71. The van der Waals surface area contributed by atoms with E-state index < -0.39 is 21.4 Å². The molecule has 120 valence electrons. The normalized spacial score (nSPS) is 18.4. The monoisotopic (exact) mass is 334 g/mol. The molecule has 0 aliphatic carbocycles. The fourth-order valence-electron chi connectivity index (χ4n) is 2.62. The van der Waals surface area contributed by atoms with E-state index in [1.54, 1.807) is 24.3 Å². The Kier molecular flexibility index (Phi) is 3.81. The van der Waals surface area contributed by atoms with Gasteiger partial charge in [-0.3, -0.25) is 4.79 Å². The zero-order valence-corrected chi connectivity index (χ0v) is 13.0. The molecular weight excluding hydrogens is 319 g/mol. The zero-order chi connectivity index (χ0) is 16.6. The molecule has 0 spiro atoms. The predicted octanol–water partition coefficient (Wildman–Crippen LogP) is 2.34. The maximum atomic E-state index is 13.1. The van der Waals surface area contributed by atoms with Crippen LogP contribution in [0.4, 0.5) is 15.3 Å². The van der Waals surface area contributed by atoms with E-state index in [1.165, 1.54) is 4.90 Å². The highest BCUT2D eigenvalue weighted by molar-refractivity contribution is 7.87. The molecule has 0 saturated carbocycles. The highest BCUT2D eigenvalue weighted by atomic mass is 32.3. The van der Waals surface area contributed by atoms with E-state index in [1.807, 2.05) is 24.3 Å². The van der Waals surface area contributed by atoms with Crippen molar-refractivity contribution >= 4 is 27.5 Å². The summed E-state index contributed by atoms with van der Waals surface area (Å²) in [5, 5.41) is -1.29. The average Bonchev–Trinajstić information content (AvgIpc) is 2.90. The Morgan fingerprint density at radius 1 is 1.00 bits per heavy atom. The Hall–Kier alpha value is -2.41. The number of benzene rings is 2. The van der Waals surface area contributed by atoms with Gasteiger partial charge in [-0.25, -0.2) is 0 Å². The lowest BCUT2D eigenvalue weighted by atomic mass is 10.0. The molecule has 1 aliphatic heterocycles. The molecule has 2 aromatic carbocycles. The van der Waals surface area contributed by atoms with E-state index in [0.29, 0.717) is 11.4 Å². The van der Waals surface area contributed by atoms with Gasteiger partial charge < -0.3 is 10.6 Å². The summed E-state index contributed by atoms with van der Waals surface area (Å²) in [6.45, 7) is -0.154. The first-order valence-electron chi connectivity index (χ1n) is 7.04. The molecule has 1 unspecified atom stereocenters. The average molecular weight is 334 g/mol. The molecule has 2 aromatic rings. The molecule has 2 N–H and O–H groups in total. The van der Waals surface area contributed by atoms with Crippen LogP contribution in [0.5, 0.6) is 0 Å². The number of hydrogen-bond donors (Lipinski definition) is 1. The minimum Gasteiger partial charge on any atom is -0.399 e. The number of amides is 1. The van der Waals surface area contributed by atoms with E-state index in [2.05, 4.69) is 0 Å². The van der Waals surface area contributed by atoms with Gasteiger partial charge >= 0.3 is 10.2 Å². The Morgan fingerprint density at radius 3 is 2.00 bits per heavy atom. The second-order valence-corrected chi connectivity index (χ2v) is 7.09. The van der Waals surface area contributed by atoms with Gasteiger partial charge in [-0.05, 0) is 35.4 Å². The van der Waals surface area contributed by atoms with Crippen LogP contribution < -0.4 is 10.6 Å². The van der Waals surface area contributed by atoms with Crippen LogP contribution in [0.3, 0.4) is 0 Å². The SMILES string of the molecule is Nc1ccc(-c2ccc(N3CC(S(=O)(=O)F)CC3=O)cc2)cc1. The van der Waals surface area contributed by atoms with Crippen molar-refractivity contribution in [1.82, 2.24) is 0 Å². The summed E-state index contributed by atoms with van der Waals surface area (Å²) in [4.78, 5) is 13.2. The van der Waals surface area contributed by atoms with Crippen LogP contribution >= 0.6 is 0 Å². The molecule has 3 rings (SSSR count). The number of carbonyl (C=O) groups is 1. The molecule has 0 radical (unpaired) electrons. The smallest absolute Gasteiger partial charge is 0.307 e. The minimum absolute atomic E-state index is 0.154. The van der Waals surface area contributed by atoms with E-state index in [9.17, 15) is 17.1 Å². The second-order valence-electron chi connectivity index (χ2n) is 5.47. The summed E-state index contributed by atoms with van der Waals surface area (Å²) < 4.78 is 35.0. The zero-order valence-electron chi connectivity index (χ0n) is 12.1. The molecule has 1 aliphatic rings. The number of nitrogens with zero attached hydrogens (tertiary/aromatic N) is 1. The molecule has 7 heteroatoms. The maximum absolute atomic E-state index is 13.1. The van der Waals surface area contributed by atoms with Crippen molar-refractivity contribution < 1.29 is 17.1 Å². The molecule has 1 fully saturated rings. The van der Waals surface area contributed by atoms with E-state index >= 15 is 0 Å². The maximum Gasteiger partial charge on any atom is 0.307 e. The fourth-order valence-corrected chi connectivity index (χ4v) is 3.29. The first-order chi connectivity index (χ1) is 10.8. The third kappa shape index (κ3) is 3.19. The first kappa shape index (κ1) is 15.5. The molecular formula is C16H15FN2O3S. The number of anilines is 2. The Bertz CT molecular complexity index is 833. The lowest BCUT2D eigenvalue weighted by Gasteiger charge is -2.16. The van der Waals surface area contributed by atoms with Crippen LogP contribution in [-0.2, 0) is 15.0 Å². The van der Waals surface area contributed by atoms with Crippen molar-refractivity contribution in [3.63, 3.8) is 0 Å². The van der Waals surface area contributed by atoms with Gasteiger partial charge in [-0.2, -0.15) is 8.42 Å². The predicted molar refractivity (Wildman–Crippen MR) is 87.1 cm³/mol. The molecule has 0 bridgehead atoms. The third-order valence-electron chi connectivity index (χ3n) is 3.91. The summed E-state index contributed by atoms with van der Waals surface area (Å²) in [7, 11) is -4.71. The number of rotatable bonds is 3. The van der Waals surface area contributed by atoms with Gasteiger partial charge in [0, 0.05) is 24.3 Å². The fraction of sp³-hybridized carbons (Fsp3) is 0.188. The third-order valence-corrected chi connectivity index (χ3v) is 5.02. The Labute approximate surface area is 133 Å². The highest BCUT2D eigenvalue weighted by Crippen LogP contribution is 2.28. The van der Waals surface area contributed by atoms with Crippen LogP contribution in [0.2, 0.25) is 0 Å². The van der Waals surface area contributed by atoms with E-state index in [4.69, 9.17) is 5.73 Å². The second kappa shape index (κ2) is 5.66. The topological polar surface area (TPSA) is 80.5 Å². The summed E-state index contributed by atoms with van der Waals surface area (Å²) in [5.74, 6) is -0.392.